The molecule has 1 heterocycles. The van der Waals surface area contributed by atoms with Crippen LogP contribution in [-0.2, 0) is 9.59 Å². The van der Waals surface area contributed by atoms with Gasteiger partial charge in [-0.1, -0.05) is 34.1 Å². The highest BCUT2D eigenvalue weighted by molar-refractivity contribution is 9.10. The summed E-state index contributed by atoms with van der Waals surface area (Å²) in [5, 5.41) is 2.74. The van der Waals surface area contributed by atoms with E-state index in [-0.39, 0.29) is 11.8 Å². The summed E-state index contributed by atoms with van der Waals surface area (Å²) in [5.74, 6) is -0.0532. The molecule has 5 heteroatoms. The number of nitrogens with zero attached hydrogens (tertiary/aromatic N) is 1. The molecule has 0 atom stereocenters. The van der Waals surface area contributed by atoms with Gasteiger partial charge in [-0.15, -0.1) is 0 Å². The van der Waals surface area contributed by atoms with E-state index in [2.05, 4.69) is 21.2 Å². The minimum Gasteiger partial charge on any atom is -0.352 e. The van der Waals surface area contributed by atoms with Crippen LogP contribution in [0, 0.1) is 0 Å². The number of carbonyl (C=O) groups is 2. The van der Waals surface area contributed by atoms with Gasteiger partial charge in [-0.25, -0.2) is 0 Å². The van der Waals surface area contributed by atoms with E-state index in [1.54, 1.807) is 6.08 Å². The molecule has 21 heavy (non-hydrogen) atoms. The van der Waals surface area contributed by atoms with E-state index < -0.39 is 0 Å². The standard InChI is InChI=1S/C16H19BrN2O2/c17-14-6-2-1-5-13(14)7-8-15(20)18-10-9-16(21)19-11-3-4-12-19/h1-2,5-8H,3-4,9-12H2,(H,18,20)/b8-7+. The first-order valence-electron chi connectivity index (χ1n) is 7.15. The average molecular weight is 351 g/mol. The molecule has 4 nitrogen and oxygen atoms in total. The fourth-order valence-electron chi connectivity index (χ4n) is 2.25. The highest BCUT2D eigenvalue weighted by atomic mass is 79.9. The maximum absolute atomic E-state index is 11.8. The molecule has 0 spiro atoms. The Morgan fingerprint density at radius 1 is 1.24 bits per heavy atom. The zero-order valence-electron chi connectivity index (χ0n) is 11.8. The van der Waals surface area contributed by atoms with E-state index in [1.807, 2.05) is 29.2 Å². The number of nitrogens with one attached hydrogen (secondary N) is 1. The van der Waals surface area contributed by atoms with Crippen molar-refractivity contribution in [1.29, 1.82) is 0 Å². The molecule has 1 N–H and O–H groups in total. The van der Waals surface area contributed by atoms with Gasteiger partial charge in [-0.2, -0.15) is 0 Å². The predicted molar refractivity (Wildman–Crippen MR) is 86.6 cm³/mol. The third-order valence-corrected chi connectivity index (χ3v) is 4.14. The molecular weight excluding hydrogens is 332 g/mol. The van der Waals surface area contributed by atoms with E-state index in [9.17, 15) is 9.59 Å². The van der Waals surface area contributed by atoms with Gasteiger partial charge in [0.15, 0.2) is 0 Å². The van der Waals surface area contributed by atoms with Crippen molar-refractivity contribution >= 4 is 33.8 Å². The van der Waals surface area contributed by atoms with Gasteiger partial charge in [0.25, 0.3) is 0 Å². The maximum atomic E-state index is 11.8. The Morgan fingerprint density at radius 3 is 2.67 bits per heavy atom. The Balaban J connectivity index is 1.72. The Morgan fingerprint density at radius 2 is 1.95 bits per heavy atom. The Bertz CT molecular complexity index is 537. The molecule has 2 amide bonds. The molecule has 0 radical (unpaired) electrons. The Kier molecular flexibility index (Phi) is 5.99. The molecule has 0 aliphatic carbocycles. The summed E-state index contributed by atoms with van der Waals surface area (Å²) < 4.78 is 0.943. The van der Waals surface area contributed by atoms with Crippen molar-refractivity contribution in [3.63, 3.8) is 0 Å². The first-order valence-corrected chi connectivity index (χ1v) is 7.94. The predicted octanol–water partition coefficient (Wildman–Crippen LogP) is 2.59. The zero-order chi connectivity index (χ0) is 15.1. The lowest BCUT2D eigenvalue weighted by atomic mass is 10.2. The van der Waals surface area contributed by atoms with Crippen molar-refractivity contribution in [2.45, 2.75) is 19.3 Å². The van der Waals surface area contributed by atoms with Crippen molar-refractivity contribution in [1.82, 2.24) is 10.2 Å². The molecule has 1 aromatic rings. The summed E-state index contributed by atoms with van der Waals surface area (Å²) in [7, 11) is 0. The number of rotatable bonds is 5. The van der Waals surface area contributed by atoms with Crippen LogP contribution in [0.15, 0.2) is 34.8 Å². The third-order valence-electron chi connectivity index (χ3n) is 3.42. The van der Waals surface area contributed by atoms with Gasteiger partial charge in [0, 0.05) is 36.6 Å². The van der Waals surface area contributed by atoms with Crippen molar-refractivity contribution in [3.05, 3.63) is 40.4 Å². The van der Waals surface area contributed by atoms with Crippen molar-refractivity contribution in [2.24, 2.45) is 0 Å². The van der Waals surface area contributed by atoms with Gasteiger partial charge in [0.2, 0.25) is 11.8 Å². The average Bonchev–Trinajstić information content (AvgIpc) is 3.00. The van der Waals surface area contributed by atoms with Crippen LogP contribution in [0.4, 0.5) is 0 Å². The summed E-state index contributed by atoms with van der Waals surface area (Å²) in [5.41, 5.74) is 0.945. The largest absolute Gasteiger partial charge is 0.352 e. The lowest BCUT2D eigenvalue weighted by Gasteiger charge is -2.14. The molecular formula is C16H19BrN2O2. The molecule has 0 bridgehead atoms. The van der Waals surface area contributed by atoms with Crippen LogP contribution < -0.4 is 5.32 Å². The fourth-order valence-corrected chi connectivity index (χ4v) is 2.67. The smallest absolute Gasteiger partial charge is 0.244 e. The summed E-state index contributed by atoms with van der Waals surface area (Å²) in [6.45, 7) is 2.10. The summed E-state index contributed by atoms with van der Waals surface area (Å²) in [6, 6.07) is 7.68. The molecule has 2 rings (SSSR count). The quantitative estimate of drug-likeness (QED) is 0.829. The molecule has 0 saturated carbocycles. The number of amides is 2. The summed E-state index contributed by atoms with van der Waals surface area (Å²) >= 11 is 3.42. The highest BCUT2D eigenvalue weighted by Gasteiger charge is 2.17. The Hall–Kier alpha value is -1.62. The van der Waals surface area contributed by atoms with Crippen LogP contribution in [0.1, 0.15) is 24.8 Å². The fraction of sp³-hybridized carbons (Fsp3) is 0.375. The minimum atomic E-state index is -0.181. The van der Waals surface area contributed by atoms with Gasteiger partial charge in [-0.3, -0.25) is 9.59 Å². The van der Waals surface area contributed by atoms with E-state index in [0.29, 0.717) is 13.0 Å². The second-order valence-corrected chi connectivity index (χ2v) is 5.84. The summed E-state index contributed by atoms with van der Waals surface area (Å²) in [6.07, 6.45) is 5.79. The molecule has 1 aromatic carbocycles. The molecule has 1 saturated heterocycles. The zero-order valence-corrected chi connectivity index (χ0v) is 13.4. The second-order valence-electron chi connectivity index (χ2n) is 4.98. The van der Waals surface area contributed by atoms with Crippen LogP contribution in [0.3, 0.4) is 0 Å². The maximum Gasteiger partial charge on any atom is 0.244 e. The second kappa shape index (κ2) is 7.98. The van der Waals surface area contributed by atoms with Crippen LogP contribution in [-0.4, -0.2) is 36.3 Å². The minimum absolute atomic E-state index is 0.127. The number of hydrogen-bond donors (Lipinski definition) is 1. The van der Waals surface area contributed by atoms with Crippen molar-refractivity contribution in [2.75, 3.05) is 19.6 Å². The lowest BCUT2D eigenvalue weighted by Crippen LogP contribution is -2.32. The van der Waals surface area contributed by atoms with Crippen LogP contribution in [0.2, 0.25) is 0 Å². The number of carbonyl (C=O) groups excluding carboxylic acids is 2. The van der Waals surface area contributed by atoms with E-state index in [0.717, 1.165) is 36.0 Å². The van der Waals surface area contributed by atoms with Gasteiger partial charge < -0.3 is 10.2 Å². The normalized spacial score (nSPS) is 14.6. The highest BCUT2D eigenvalue weighted by Crippen LogP contribution is 2.16. The molecule has 1 fully saturated rings. The first kappa shape index (κ1) is 15.8. The molecule has 0 aromatic heterocycles. The number of halogens is 1. The van der Waals surface area contributed by atoms with Crippen molar-refractivity contribution in [3.8, 4) is 0 Å². The molecule has 1 aliphatic rings. The van der Waals surface area contributed by atoms with Gasteiger partial charge in [0.1, 0.15) is 0 Å². The van der Waals surface area contributed by atoms with E-state index >= 15 is 0 Å². The molecule has 1 aliphatic heterocycles. The number of hydrogen-bond acceptors (Lipinski definition) is 2. The topological polar surface area (TPSA) is 49.4 Å². The monoisotopic (exact) mass is 350 g/mol. The van der Waals surface area contributed by atoms with Gasteiger partial charge in [-0.05, 0) is 30.5 Å². The lowest BCUT2D eigenvalue weighted by molar-refractivity contribution is -0.130. The Labute approximate surface area is 133 Å². The first-order chi connectivity index (χ1) is 10.2. The van der Waals surface area contributed by atoms with Crippen LogP contribution in [0.5, 0.6) is 0 Å². The molecule has 112 valence electrons. The molecule has 0 unspecified atom stereocenters. The van der Waals surface area contributed by atoms with Gasteiger partial charge in [0.05, 0.1) is 0 Å². The number of likely N-dealkylation sites (tertiary alicyclic amines) is 1. The van der Waals surface area contributed by atoms with Gasteiger partial charge >= 0.3 is 0 Å². The SMILES string of the molecule is O=C(/C=C/c1ccccc1Br)NCCC(=O)N1CCCC1. The van der Waals surface area contributed by atoms with E-state index in [4.69, 9.17) is 0 Å². The summed E-state index contributed by atoms with van der Waals surface area (Å²) in [4.78, 5) is 25.4. The van der Waals surface area contributed by atoms with Crippen molar-refractivity contribution < 1.29 is 9.59 Å². The van der Waals surface area contributed by atoms with E-state index in [1.165, 1.54) is 6.08 Å². The van der Waals surface area contributed by atoms with Crippen LogP contribution in [0.25, 0.3) is 6.08 Å². The third kappa shape index (κ3) is 5.01. The van der Waals surface area contributed by atoms with Crippen LogP contribution >= 0.6 is 15.9 Å². The number of benzene rings is 1.